The van der Waals surface area contributed by atoms with E-state index in [1.165, 1.54) is 35.2 Å². The van der Waals surface area contributed by atoms with Crippen LogP contribution in [0.2, 0.25) is 0 Å². The molecule has 0 fully saturated rings. The number of thioether (sulfide) groups is 1. The molecule has 136 valence electrons. The van der Waals surface area contributed by atoms with Crippen molar-refractivity contribution >= 4 is 29.0 Å². The molecule has 1 amide bonds. The standard InChI is InChI=1S/C18H18FN3O2S2/c1-11(2)17-21-22-18(24-17)26-10-15(23)20-16(14-4-3-9-25-14)12-5-7-13(19)8-6-12/h3-9,11,16H,10H2,1-2H3,(H,20,23)/t16-/m0/s1. The third-order valence-corrected chi connectivity index (χ3v) is 5.33. The largest absolute Gasteiger partial charge is 0.416 e. The van der Waals surface area contributed by atoms with Crippen molar-refractivity contribution in [3.63, 3.8) is 0 Å². The number of hydrogen-bond acceptors (Lipinski definition) is 6. The molecule has 0 unspecified atom stereocenters. The van der Waals surface area contributed by atoms with Gasteiger partial charge in [-0.1, -0.05) is 43.8 Å². The summed E-state index contributed by atoms with van der Waals surface area (Å²) in [7, 11) is 0. The minimum absolute atomic E-state index is 0.146. The van der Waals surface area contributed by atoms with E-state index in [4.69, 9.17) is 4.42 Å². The van der Waals surface area contributed by atoms with Crippen molar-refractivity contribution in [2.24, 2.45) is 0 Å². The van der Waals surface area contributed by atoms with Gasteiger partial charge in [-0.25, -0.2) is 4.39 Å². The van der Waals surface area contributed by atoms with Gasteiger partial charge in [-0.2, -0.15) is 0 Å². The molecule has 8 heteroatoms. The number of aromatic nitrogens is 2. The normalized spacial score (nSPS) is 12.3. The van der Waals surface area contributed by atoms with Crippen LogP contribution in [-0.4, -0.2) is 21.9 Å². The van der Waals surface area contributed by atoms with Gasteiger partial charge in [0, 0.05) is 10.8 Å². The van der Waals surface area contributed by atoms with Crippen LogP contribution in [0.3, 0.4) is 0 Å². The Morgan fingerprint density at radius 1 is 1.27 bits per heavy atom. The van der Waals surface area contributed by atoms with Gasteiger partial charge in [0.25, 0.3) is 5.22 Å². The summed E-state index contributed by atoms with van der Waals surface area (Å²) in [5.41, 5.74) is 0.826. The lowest BCUT2D eigenvalue weighted by Gasteiger charge is -2.18. The van der Waals surface area contributed by atoms with Crippen LogP contribution in [0.1, 0.15) is 42.1 Å². The monoisotopic (exact) mass is 391 g/mol. The highest BCUT2D eigenvalue weighted by atomic mass is 32.2. The summed E-state index contributed by atoms with van der Waals surface area (Å²) < 4.78 is 18.7. The van der Waals surface area contributed by atoms with Crippen molar-refractivity contribution < 1.29 is 13.6 Å². The SMILES string of the molecule is CC(C)c1nnc(SCC(=O)N[C@@H](c2ccc(F)cc2)c2cccs2)o1. The van der Waals surface area contributed by atoms with Gasteiger partial charge >= 0.3 is 0 Å². The molecular weight excluding hydrogens is 373 g/mol. The van der Waals surface area contributed by atoms with Crippen LogP contribution < -0.4 is 5.32 Å². The summed E-state index contributed by atoms with van der Waals surface area (Å²) in [6, 6.07) is 9.69. The molecule has 0 spiro atoms. The number of amides is 1. The predicted molar refractivity (Wildman–Crippen MR) is 99.8 cm³/mol. The van der Waals surface area contributed by atoms with Crippen molar-refractivity contribution in [3.05, 3.63) is 63.9 Å². The Labute approximate surface area is 159 Å². The number of halogens is 1. The molecule has 0 saturated carbocycles. The van der Waals surface area contributed by atoms with E-state index in [0.717, 1.165) is 10.4 Å². The van der Waals surface area contributed by atoms with E-state index in [9.17, 15) is 9.18 Å². The number of nitrogens with one attached hydrogen (secondary N) is 1. The van der Waals surface area contributed by atoms with Crippen LogP contribution in [0.15, 0.2) is 51.4 Å². The number of carbonyl (C=O) groups excluding carboxylic acids is 1. The van der Waals surface area contributed by atoms with E-state index >= 15 is 0 Å². The van der Waals surface area contributed by atoms with Crippen molar-refractivity contribution in [2.75, 3.05) is 5.75 Å². The van der Waals surface area contributed by atoms with Gasteiger partial charge in [0.05, 0.1) is 11.8 Å². The number of thiophene rings is 1. The lowest BCUT2D eigenvalue weighted by Crippen LogP contribution is -2.30. The van der Waals surface area contributed by atoms with Gasteiger partial charge in [-0.15, -0.1) is 21.5 Å². The van der Waals surface area contributed by atoms with E-state index in [0.29, 0.717) is 11.1 Å². The van der Waals surface area contributed by atoms with Crippen LogP contribution in [0, 0.1) is 5.82 Å². The van der Waals surface area contributed by atoms with Gasteiger partial charge in [0.15, 0.2) is 0 Å². The minimum atomic E-state index is -0.322. The zero-order valence-corrected chi connectivity index (χ0v) is 15.9. The first-order valence-corrected chi connectivity index (χ1v) is 9.94. The van der Waals surface area contributed by atoms with Crippen LogP contribution in [0.25, 0.3) is 0 Å². The quantitative estimate of drug-likeness (QED) is 0.605. The maximum absolute atomic E-state index is 13.2. The number of nitrogens with zero attached hydrogens (tertiary/aromatic N) is 2. The predicted octanol–water partition coefficient (Wildman–Crippen LogP) is 4.39. The molecule has 26 heavy (non-hydrogen) atoms. The Morgan fingerprint density at radius 3 is 2.65 bits per heavy atom. The lowest BCUT2D eigenvalue weighted by atomic mass is 10.1. The zero-order chi connectivity index (χ0) is 18.5. The Balaban J connectivity index is 1.66. The number of benzene rings is 1. The molecule has 3 rings (SSSR count). The summed E-state index contributed by atoms with van der Waals surface area (Å²) >= 11 is 2.73. The van der Waals surface area contributed by atoms with E-state index in [1.807, 2.05) is 31.4 Å². The minimum Gasteiger partial charge on any atom is -0.416 e. The van der Waals surface area contributed by atoms with Gasteiger partial charge in [0.1, 0.15) is 5.82 Å². The third kappa shape index (κ3) is 4.70. The molecule has 2 aromatic heterocycles. The molecule has 1 atom stereocenters. The van der Waals surface area contributed by atoms with Gasteiger partial charge in [-0.3, -0.25) is 4.79 Å². The highest BCUT2D eigenvalue weighted by molar-refractivity contribution is 7.99. The molecule has 1 aromatic carbocycles. The molecule has 0 aliphatic rings. The summed E-state index contributed by atoms with van der Waals surface area (Å²) in [5.74, 6) is 0.381. The Kier molecular flexibility index (Phi) is 6.05. The zero-order valence-electron chi connectivity index (χ0n) is 14.3. The maximum Gasteiger partial charge on any atom is 0.277 e. The molecule has 0 aliphatic heterocycles. The van der Waals surface area contributed by atoms with Crippen molar-refractivity contribution in [3.8, 4) is 0 Å². The van der Waals surface area contributed by atoms with E-state index in [-0.39, 0.29) is 29.4 Å². The average Bonchev–Trinajstić information content (AvgIpc) is 3.30. The van der Waals surface area contributed by atoms with E-state index < -0.39 is 0 Å². The highest BCUT2D eigenvalue weighted by Crippen LogP contribution is 2.27. The summed E-state index contributed by atoms with van der Waals surface area (Å²) in [6.07, 6.45) is 0. The van der Waals surface area contributed by atoms with Crippen molar-refractivity contribution in [1.82, 2.24) is 15.5 Å². The molecule has 0 saturated heterocycles. The highest BCUT2D eigenvalue weighted by Gasteiger charge is 2.19. The number of rotatable bonds is 7. The van der Waals surface area contributed by atoms with Crippen molar-refractivity contribution in [1.29, 1.82) is 0 Å². The molecule has 0 aliphatic carbocycles. The molecule has 0 bridgehead atoms. The second-order valence-corrected chi connectivity index (χ2v) is 7.82. The first-order chi connectivity index (χ1) is 12.5. The van der Waals surface area contributed by atoms with E-state index in [2.05, 4.69) is 15.5 Å². The topological polar surface area (TPSA) is 68.0 Å². The Morgan fingerprint density at radius 2 is 2.04 bits per heavy atom. The Bertz CT molecular complexity index is 848. The molecule has 3 aromatic rings. The average molecular weight is 391 g/mol. The van der Waals surface area contributed by atoms with Crippen LogP contribution in [-0.2, 0) is 4.79 Å². The molecular formula is C18H18FN3O2S2. The molecule has 0 radical (unpaired) electrons. The molecule has 2 heterocycles. The number of hydrogen-bond donors (Lipinski definition) is 1. The lowest BCUT2D eigenvalue weighted by molar-refractivity contribution is -0.119. The first kappa shape index (κ1) is 18.6. The molecule has 5 nitrogen and oxygen atoms in total. The molecule has 1 N–H and O–H groups in total. The van der Waals surface area contributed by atoms with Crippen LogP contribution in [0.4, 0.5) is 4.39 Å². The summed E-state index contributed by atoms with van der Waals surface area (Å²) in [4.78, 5) is 13.4. The maximum atomic E-state index is 13.2. The van der Waals surface area contributed by atoms with Gasteiger partial charge in [0.2, 0.25) is 11.8 Å². The van der Waals surface area contributed by atoms with Gasteiger partial charge < -0.3 is 9.73 Å². The first-order valence-electron chi connectivity index (χ1n) is 8.07. The summed E-state index contributed by atoms with van der Waals surface area (Å²) in [6.45, 7) is 3.92. The van der Waals surface area contributed by atoms with Crippen LogP contribution >= 0.6 is 23.1 Å². The van der Waals surface area contributed by atoms with E-state index in [1.54, 1.807) is 12.1 Å². The summed E-state index contributed by atoms with van der Waals surface area (Å²) in [5, 5.41) is 13.2. The van der Waals surface area contributed by atoms with Crippen molar-refractivity contribution in [2.45, 2.75) is 31.0 Å². The third-order valence-electron chi connectivity index (χ3n) is 3.58. The fourth-order valence-corrected chi connectivity index (χ4v) is 3.65. The smallest absolute Gasteiger partial charge is 0.277 e. The fourth-order valence-electron chi connectivity index (χ4n) is 2.27. The Hall–Kier alpha value is -2.19. The number of carbonyl (C=O) groups is 1. The fraction of sp³-hybridized carbons (Fsp3) is 0.278. The second kappa shape index (κ2) is 8.46. The second-order valence-electron chi connectivity index (χ2n) is 5.92. The van der Waals surface area contributed by atoms with Crippen LogP contribution in [0.5, 0.6) is 0 Å². The van der Waals surface area contributed by atoms with Gasteiger partial charge in [-0.05, 0) is 29.1 Å².